The topological polar surface area (TPSA) is 40.7 Å². The molecule has 1 aromatic heterocycles. The molecule has 4 heteroatoms. The monoisotopic (exact) mass is 221 g/mol. The lowest BCUT2D eigenvalue weighted by Crippen LogP contribution is -2.29. The van der Waals surface area contributed by atoms with Crippen LogP contribution in [0.4, 0.5) is 0 Å². The molecule has 3 nitrogen and oxygen atoms in total. The van der Waals surface area contributed by atoms with Crippen molar-refractivity contribution in [2.75, 3.05) is 0 Å². The standard InChI is InChI=1S/C11H15N3S/c1-11(2,3)14-15-10-12-8-6-4-5-7-9(8)13-10/h4-7,14H,1-3H3,(H,12,13). The lowest BCUT2D eigenvalue weighted by molar-refractivity contribution is 0.534. The summed E-state index contributed by atoms with van der Waals surface area (Å²) < 4.78 is 3.32. The van der Waals surface area contributed by atoms with Crippen molar-refractivity contribution >= 4 is 23.0 Å². The highest BCUT2D eigenvalue weighted by Crippen LogP contribution is 2.19. The molecule has 0 saturated carbocycles. The van der Waals surface area contributed by atoms with E-state index in [1.54, 1.807) is 0 Å². The molecule has 1 heterocycles. The average molecular weight is 221 g/mol. The van der Waals surface area contributed by atoms with E-state index in [1.807, 2.05) is 24.3 Å². The molecule has 0 radical (unpaired) electrons. The Kier molecular flexibility index (Phi) is 2.71. The zero-order chi connectivity index (χ0) is 10.9. The first-order valence-corrected chi connectivity index (χ1v) is 5.75. The molecule has 0 aliphatic heterocycles. The van der Waals surface area contributed by atoms with Gasteiger partial charge in [-0.1, -0.05) is 12.1 Å². The maximum absolute atomic E-state index is 4.46. The van der Waals surface area contributed by atoms with Gasteiger partial charge < -0.3 is 4.98 Å². The number of nitrogens with zero attached hydrogens (tertiary/aromatic N) is 1. The van der Waals surface area contributed by atoms with Crippen LogP contribution in [0.2, 0.25) is 0 Å². The van der Waals surface area contributed by atoms with Gasteiger partial charge in [-0.25, -0.2) is 4.98 Å². The van der Waals surface area contributed by atoms with Crippen LogP contribution in [0.3, 0.4) is 0 Å². The van der Waals surface area contributed by atoms with Crippen molar-refractivity contribution in [3.05, 3.63) is 24.3 Å². The van der Waals surface area contributed by atoms with Crippen LogP contribution in [-0.4, -0.2) is 15.5 Å². The summed E-state index contributed by atoms with van der Waals surface area (Å²) >= 11 is 1.54. The molecule has 0 aliphatic rings. The predicted octanol–water partition coefficient (Wildman–Crippen LogP) is 2.96. The number of nitrogens with one attached hydrogen (secondary N) is 2. The van der Waals surface area contributed by atoms with E-state index in [1.165, 1.54) is 11.9 Å². The summed E-state index contributed by atoms with van der Waals surface area (Å²) in [5, 5.41) is 0.908. The number of benzene rings is 1. The second-order valence-electron chi connectivity index (χ2n) is 4.51. The molecule has 0 saturated heterocycles. The summed E-state index contributed by atoms with van der Waals surface area (Å²) in [4.78, 5) is 7.72. The molecule has 0 atom stereocenters. The van der Waals surface area contributed by atoms with E-state index < -0.39 is 0 Å². The number of hydrogen-bond donors (Lipinski definition) is 2. The number of aromatic nitrogens is 2. The fourth-order valence-corrected chi connectivity index (χ4v) is 1.89. The summed E-state index contributed by atoms with van der Waals surface area (Å²) in [5.74, 6) is 0. The third-order valence-corrected chi connectivity index (χ3v) is 2.92. The second kappa shape index (κ2) is 3.87. The van der Waals surface area contributed by atoms with Crippen molar-refractivity contribution in [2.24, 2.45) is 0 Å². The van der Waals surface area contributed by atoms with Crippen LogP contribution in [0, 0.1) is 0 Å². The predicted molar refractivity (Wildman–Crippen MR) is 64.8 cm³/mol. The normalized spacial score (nSPS) is 12.2. The Morgan fingerprint density at radius 2 is 2.00 bits per heavy atom. The number of hydrogen-bond acceptors (Lipinski definition) is 3. The van der Waals surface area contributed by atoms with Gasteiger partial charge in [-0.2, -0.15) is 0 Å². The second-order valence-corrected chi connectivity index (χ2v) is 5.31. The lowest BCUT2D eigenvalue weighted by Gasteiger charge is -2.17. The van der Waals surface area contributed by atoms with Gasteiger partial charge in [-0.15, -0.1) is 0 Å². The Morgan fingerprint density at radius 3 is 2.67 bits per heavy atom. The fourth-order valence-electron chi connectivity index (χ4n) is 1.18. The Balaban J connectivity index is 2.16. The summed E-state index contributed by atoms with van der Waals surface area (Å²) in [6.07, 6.45) is 0. The van der Waals surface area contributed by atoms with Gasteiger partial charge in [0.15, 0.2) is 5.16 Å². The zero-order valence-corrected chi connectivity index (χ0v) is 9.98. The van der Waals surface area contributed by atoms with E-state index in [4.69, 9.17) is 0 Å². The molecule has 2 rings (SSSR count). The first-order chi connectivity index (χ1) is 7.04. The van der Waals surface area contributed by atoms with E-state index in [0.717, 1.165) is 16.2 Å². The molecular formula is C11H15N3S. The van der Waals surface area contributed by atoms with Crippen molar-refractivity contribution in [2.45, 2.75) is 31.5 Å². The number of aromatic amines is 1. The molecule has 2 aromatic rings. The average Bonchev–Trinajstić information content (AvgIpc) is 2.56. The van der Waals surface area contributed by atoms with Gasteiger partial charge in [0.25, 0.3) is 0 Å². The van der Waals surface area contributed by atoms with Gasteiger partial charge in [0, 0.05) is 5.54 Å². The van der Waals surface area contributed by atoms with Crippen molar-refractivity contribution in [1.29, 1.82) is 0 Å². The highest BCUT2D eigenvalue weighted by atomic mass is 32.2. The van der Waals surface area contributed by atoms with E-state index in [-0.39, 0.29) is 5.54 Å². The maximum Gasteiger partial charge on any atom is 0.181 e. The molecular weight excluding hydrogens is 206 g/mol. The summed E-state index contributed by atoms with van der Waals surface area (Å²) in [6, 6.07) is 8.04. The largest absolute Gasteiger partial charge is 0.332 e. The first kappa shape index (κ1) is 10.5. The lowest BCUT2D eigenvalue weighted by atomic mass is 10.1. The minimum Gasteiger partial charge on any atom is -0.332 e. The van der Waals surface area contributed by atoms with Crippen LogP contribution in [0.1, 0.15) is 20.8 Å². The van der Waals surface area contributed by atoms with Gasteiger partial charge in [-0.3, -0.25) is 4.72 Å². The molecule has 2 N–H and O–H groups in total. The Morgan fingerprint density at radius 1 is 1.27 bits per heavy atom. The van der Waals surface area contributed by atoms with Gasteiger partial charge in [0.1, 0.15) is 0 Å². The SMILES string of the molecule is CC(C)(C)NSc1nc2ccccc2[nH]1. The molecule has 0 unspecified atom stereocenters. The van der Waals surface area contributed by atoms with Crippen LogP contribution < -0.4 is 4.72 Å². The molecule has 0 fully saturated rings. The van der Waals surface area contributed by atoms with E-state index in [2.05, 4.69) is 35.5 Å². The van der Waals surface area contributed by atoms with Crippen LogP contribution in [0.5, 0.6) is 0 Å². The Hall–Kier alpha value is -1.00. The number of imidazole rings is 1. The first-order valence-electron chi connectivity index (χ1n) is 4.93. The molecule has 15 heavy (non-hydrogen) atoms. The maximum atomic E-state index is 4.46. The van der Waals surface area contributed by atoms with Crippen LogP contribution in [0.15, 0.2) is 29.4 Å². The minimum absolute atomic E-state index is 0.0869. The smallest absolute Gasteiger partial charge is 0.181 e. The van der Waals surface area contributed by atoms with Gasteiger partial charge in [0.05, 0.1) is 11.0 Å². The van der Waals surface area contributed by atoms with Crippen molar-refractivity contribution in [3.8, 4) is 0 Å². The molecule has 0 bridgehead atoms. The van der Waals surface area contributed by atoms with Gasteiger partial charge in [0.2, 0.25) is 0 Å². The van der Waals surface area contributed by atoms with Gasteiger partial charge >= 0.3 is 0 Å². The highest BCUT2D eigenvalue weighted by molar-refractivity contribution is 7.97. The Labute approximate surface area is 93.8 Å². The summed E-state index contributed by atoms with van der Waals surface area (Å²) in [6.45, 7) is 6.38. The molecule has 80 valence electrons. The zero-order valence-electron chi connectivity index (χ0n) is 9.16. The van der Waals surface area contributed by atoms with Crippen molar-refractivity contribution in [3.63, 3.8) is 0 Å². The van der Waals surface area contributed by atoms with Gasteiger partial charge in [-0.05, 0) is 44.9 Å². The summed E-state index contributed by atoms with van der Waals surface area (Å²) in [5.41, 5.74) is 2.18. The minimum atomic E-state index is 0.0869. The van der Waals surface area contributed by atoms with E-state index >= 15 is 0 Å². The number of fused-ring (bicyclic) bond motifs is 1. The Bertz CT molecular complexity index is 423. The third kappa shape index (κ3) is 2.73. The van der Waals surface area contributed by atoms with E-state index in [9.17, 15) is 0 Å². The molecule has 1 aromatic carbocycles. The quantitative estimate of drug-likeness (QED) is 0.766. The van der Waals surface area contributed by atoms with Crippen LogP contribution in [0.25, 0.3) is 11.0 Å². The molecule has 0 amide bonds. The molecule has 0 spiro atoms. The fraction of sp³-hybridized carbons (Fsp3) is 0.364. The number of rotatable bonds is 2. The van der Waals surface area contributed by atoms with Crippen molar-refractivity contribution < 1.29 is 0 Å². The number of H-pyrrole nitrogens is 1. The summed E-state index contributed by atoms with van der Waals surface area (Å²) in [7, 11) is 0. The third-order valence-electron chi connectivity index (χ3n) is 1.82. The van der Waals surface area contributed by atoms with Crippen LogP contribution in [-0.2, 0) is 0 Å². The number of para-hydroxylation sites is 2. The highest BCUT2D eigenvalue weighted by Gasteiger charge is 2.10. The van der Waals surface area contributed by atoms with Crippen LogP contribution >= 0.6 is 11.9 Å². The van der Waals surface area contributed by atoms with E-state index in [0.29, 0.717) is 0 Å². The van der Waals surface area contributed by atoms with Crippen molar-refractivity contribution in [1.82, 2.24) is 14.7 Å². The molecule has 0 aliphatic carbocycles.